The minimum atomic E-state index is -4.61. The normalized spacial score (nSPS) is 14.1. The molecule has 1 aromatic heterocycles. The predicted molar refractivity (Wildman–Crippen MR) is 77.7 cm³/mol. The number of aryl methyl sites for hydroxylation is 1. The van der Waals surface area contributed by atoms with Crippen LogP contribution in [0.4, 0.5) is 18.9 Å². The summed E-state index contributed by atoms with van der Waals surface area (Å²) in [7, 11) is 0. The molecule has 1 unspecified atom stereocenters. The van der Waals surface area contributed by atoms with E-state index < -0.39 is 17.3 Å². The number of hydrogen-bond donors (Lipinski definition) is 2. The third-order valence-corrected chi connectivity index (χ3v) is 3.35. The van der Waals surface area contributed by atoms with Gasteiger partial charge in [-0.1, -0.05) is 0 Å². The number of halogens is 3. The zero-order valence-electron chi connectivity index (χ0n) is 12.5. The Labute approximate surface area is 131 Å². The fourth-order valence-corrected chi connectivity index (χ4v) is 2.08. The molecule has 1 atom stereocenters. The lowest BCUT2D eigenvalue weighted by atomic mass is 10.0. The molecule has 0 amide bonds. The highest BCUT2D eigenvalue weighted by molar-refractivity contribution is 5.56. The Morgan fingerprint density at radius 3 is 2.48 bits per heavy atom. The predicted octanol–water partition coefficient (Wildman–Crippen LogP) is 3.80. The maximum atomic E-state index is 13.1. The average Bonchev–Trinajstić information content (AvgIpc) is 2.91. The van der Waals surface area contributed by atoms with Gasteiger partial charge in [-0.25, -0.2) is 0 Å². The highest BCUT2D eigenvalue weighted by Gasteiger charge is 2.35. The first-order valence-electron chi connectivity index (χ1n) is 6.78. The van der Waals surface area contributed by atoms with Gasteiger partial charge in [0.15, 0.2) is 0 Å². The Kier molecular flexibility index (Phi) is 4.39. The van der Waals surface area contributed by atoms with E-state index in [1.165, 1.54) is 19.1 Å². The number of nitriles is 1. The first kappa shape index (κ1) is 16.9. The summed E-state index contributed by atoms with van der Waals surface area (Å²) in [5.41, 5.74) is -2.73. The van der Waals surface area contributed by atoms with Crippen molar-refractivity contribution < 1.29 is 22.7 Å². The molecule has 2 aromatic rings. The van der Waals surface area contributed by atoms with Gasteiger partial charge in [-0.2, -0.15) is 18.4 Å². The number of alkyl halides is 3. The molecule has 1 heterocycles. The van der Waals surface area contributed by atoms with Gasteiger partial charge in [0.25, 0.3) is 0 Å². The lowest BCUT2D eigenvalue weighted by Gasteiger charge is -2.23. The maximum absolute atomic E-state index is 13.1. The Bertz CT molecular complexity index is 743. The summed E-state index contributed by atoms with van der Waals surface area (Å²) in [5.74, 6) is 0.847. The van der Waals surface area contributed by atoms with E-state index in [9.17, 15) is 18.3 Å². The Hall–Kier alpha value is -2.46. The number of benzene rings is 1. The lowest BCUT2D eigenvalue weighted by Crippen LogP contribution is -2.31. The monoisotopic (exact) mass is 324 g/mol. The van der Waals surface area contributed by atoms with Crippen molar-refractivity contribution in [3.05, 3.63) is 53.0 Å². The van der Waals surface area contributed by atoms with E-state index in [0.717, 1.165) is 6.07 Å². The van der Waals surface area contributed by atoms with Crippen molar-refractivity contribution in [1.82, 2.24) is 0 Å². The van der Waals surface area contributed by atoms with Gasteiger partial charge in [0.2, 0.25) is 0 Å². The Balaban J connectivity index is 2.25. The van der Waals surface area contributed by atoms with Gasteiger partial charge in [-0.05, 0) is 44.2 Å². The van der Waals surface area contributed by atoms with Crippen molar-refractivity contribution in [1.29, 1.82) is 5.26 Å². The van der Waals surface area contributed by atoms with Crippen molar-refractivity contribution in [2.24, 2.45) is 0 Å². The van der Waals surface area contributed by atoms with Crippen LogP contribution >= 0.6 is 0 Å². The van der Waals surface area contributed by atoms with Gasteiger partial charge >= 0.3 is 6.18 Å². The number of anilines is 1. The smallest absolute Gasteiger partial charge is 0.418 e. The zero-order valence-corrected chi connectivity index (χ0v) is 12.5. The third kappa shape index (κ3) is 3.85. The first-order valence-corrected chi connectivity index (χ1v) is 6.78. The standard InChI is InChI=1S/C16H15F3N2O2/c1-10-3-6-14(23-10)15(2,22)9-21-13-5-4-11(8-20)7-12(13)16(17,18)19/h3-7,21-22H,9H2,1-2H3. The quantitative estimate of drug-likeness (QED) is 0.897. The topological polar surface area (TPSA) is 69.2 Å². The van der Waals surface area contributed by atoms with E-state index >= 15 is 0 Å². The summed E-state index contributed by atoms with van der Waals surface area (Å²) in [6, 6.07) is 8.13. The molecule has 23 heavy (non-hydrogen) atoms. The molecule has 0 aliphatic heterocycles. The van der Waals surface area contributed by atoms with Gasteiger partial charge in [-0.15, -0.1) is 0 Å². The Morgan fingerprint density at radius 1 is 1.26 bits per heavy atom. The van der Waals surface area contributed by atoms with Crippen molar-refractivity contribution in [3.63, 3.8) is 0 Å². The molecule has 0 aliphatic rings. The largest absolute Gasteiger partial charge is 0.463 e. The summed E-state index contributed by atoms with van der Waals surface area (Å²) < 4.78 is 44.6. The molecule has 0 bridgehead atoms. The summed E-state index contributed by atoms with van der Waals surface area (Å²) >= 11 is 0. The van der Waals surface area contributed by atoms with Crippen LogP contribution < -0.4 is 5.32 Å². The molecule has 122 valence electrons. The number of hydrogen-bond acceptors (Lipinski definition) is 4. The van der Waals surface area contributed by atoms with Crippen molar-refractivity contribution >= 4 is 5.69 Å². The van der Waals surface area contributed by atoms with Gasteiger partial charge in [0.1, 0.15) is 17.1 Å². The lowest BCUT2D eigenvalue weighted by molar-refractivity contribution is -0.137. The fourth-order valence-electron chi connectivity index (χ4n) is 2.08. The highest BCUT2D eigenvalue weighted by Crippen LogP contribution is 2.36. The molecular formula is C16H15F3N2O2. The Morgan fingerprint density at radius 2 is 1.96 bits per heavy atom. The van der Waals surface area contributed by atoms with E-state index in [1.54, 1.807) is 25.1 Å². The van der Waals surface area contributed by atoms with Crippen LogP contribution in [0.5, 0.6) is 0 Å². The second kappa shape index (κ2) is 5.97. The van der Waals surface area contributed by atoms with E-state index in [1.807, 2.05) is 0 Å². The van der Waals surface area contributed by atoms with Crippen LogP contribution in [0.25, 0.3) is 0 Å². The number of furan rings is 1. The second-order valence-electron chi connectivity index (χ2n) is 5.41. The second-order valence-corrected chi connectivity index (χ2v) is 5.41. The van der Waals surface area contributed by atoms with E-state index in [0.29, 0.717) is 5.76 Å². The van der Waals surface area contributed by atoms with Crippen LogP contribution in [0.3, 0.4) is 0 Å². The summed E-state index contributed by atoms with van der Waals surface area (Å²) in [6.07, 6.45) is -4.61. The van der Waals surface area contributed by atoms with Crippen LogP contribution in [-0.2, 0) is 11.8 Å². The fraction of sp³-hybridized carbons (Fsp3) is 0.312. The van der Waals surface area contributed by atoms with E-state index in [2.05, 4.69) is 5.32 Å². The molecule has 0 fully saturated rings. The van der Waals surface area contributed by atoms with Gasteiger partial charge in [-0.3, -0.25) is 0 Å². The van der Waals surface area contributed by atoms with Crippen LogP contribution in [0.1, 0.15) is 29.6 Å². The molecule has 7 heteroatoms. The number of rotatable bonds is 4. The van der Waals surface area contributed by atoms with Gasteiger partial charge in [0, 0.05) is 5.69 Å². The molecule has 0 spiro atoms. The molecule has 4 nitrogen and oxygen atoms in total. The van der Waals surface area contributed by atoms with Gasteiger partial charge in [0.05, 0.1) is 23.7 Å². The first-order chi connectivity index (χ1) is 10.6. The van der Waals surface area contributed by atoms with E-state index in [-0.39, 0.29) is 23.6 Å². The molecule has 2 rings (SSSR count). The third-order valence-electron chi connectivity index (χ3n) is 3.35. The van der Waals surface area contributed by atoms with Crippen molar-refractivity contribution in [2.75, 3.05) is 11.9 Å². The molecule has 2 N–H and O–H groups in total. The molecule has 1 aromatic carbocycles. The minimum absolute atomic E-state index is 0.0868. The maximum Gasteiger partial charge on any atom is 0.418 e. The number of nitrogens with one attached hydrogen (secondary N) is 1. The van der Waals surface area contributed by atoms with Crippen LogP contribution in [0.2, 0.25) is 0 Å². The zero-order chi connectivity index (χ0) is 17.3. The van der Waals surface area contributed by atoms with Crippen LogP contribution in [0, 0.1) is 18.3 Å². The summed E-state index contributed by atoms with van der Waals surface area (Å²) in [6.45, 7) is 2.96. The van der Waals surface area contributed by atoms with Crippen molar-refractivity contribution in [2.45, 2.75) is 25.6 Å². The minimum Gasteiger partial charge on any atom is -0.463 e. The summed E-state index contributed by atoms with van der Waals surface area (Å²) in [4.78, 5) is 0. The van der Waals surface area contributed by atoms with Crippen molar-refractivity contribution in [3.8, 4) is 6.07 Å². The average molecular weight is 324 g/mol. The molecule has 0 saturated heterocycles. The van der Waals surface area contributed by atoms with Crippen LogP contribution in [-0.4, -0.2) is 11.7 Å². The molecule has 0 radical (unpaired) electrons. The van der Waals surface area contributed by atoms with E-state index in [4.69, 9.17) is 9.68 Å². The molecule has 0 saturated carbocycles. The molecule has 0 aliphatic carbocycles. The summed E-state index contributed by atoms with van der Waals surface area (Å²) in [5, 5.41) is 21.7. The highest BCUT2D eigenvalue weighted by atomic mass is 19.4. The molecular weight excluding hydrogens is 309 g/mol. The number of aliphatic hydroxyl groups is 1. The number of nitrogens with zero attached hydrogens (tertiary/aromatic N) is 1. The van der Waals surface area contributed by atoms with Crippen LogP contribution in [0.15, 0.2) is 34.7 Å². The SMILES string of the molecule is Cc1ccc(C(C)(O)CNc2ccc(C#N)cc2C(F)(F)F)o1. The van der Waals surface area contributed by atoms with Gasteiger partial charge < -0.3 is 14.8 Å².